The van der Waals surface area contributed by atoms with Crippen molar-refractivity contribution in [3.05, 3.63) is 71.0 Å². The van der Waals surface area contributed by atoms with E-state index in [-0.39, 0.29) is 17.2 Å². The Bertz CT molecular complexity index is 892. The Kier molecular flexibility index (Phi) is 3.39. The Morgan fingerprint density at radius 1 is 1.00 bits per heavy atom. The van der Waals surface area contributed by atoms with Gasteiger partial charge in [0, 0.05) is 18.6 Å². The summed E-state index contributed by atoms with van der Waals surface area (Å²) in [6, 6.07) is 16.9. The maximum Gasteiger partial charge on any atom is 0.272 e. The van der Waals surface area contributed by atoms with Crippen molar-refractivity contribution >= 4 is 5.91 Å². The van der Waals surface area contributed by atoms with Crippen LogP contribution < -0.4 is 5.56 Å². The molecule has 0 fully saturated rings. The van der Waals surface area contributed by atoms with E-state index in [2.05, 4.69) is 0 Å². The first kappa shape index (κ1) is 13.9. The van der Waals surface area contributed by atoms with E-state index in [0.717, 1.165) is 0 Å². The minimum atomic E-state index is -0.334. The van der Waals surface area contributed by atoms with Gasteiger partial charge in [0.05, 0.1) is 11.4 Å². The van der Waals surface area contributed by atoms with Gasteiger partial charge in [-0.25, -0.2) is 9.36 Å². The summed E-state index contributed by atoms with van der Waals surface area (Å²) >= 11 is 0. The molecule has 0 amide bonds. The third-order valence-corrected chi connectivity index (χ3v) is 3.38. The molecule has 2 aromatic carbocycles. The van der Waals surface area contributed by atoms with E-state index >= 15 is 0 Å². The number of nitrogens with zero attached hydrogens (tertiary/aromatic N) is 2. The first-order valence-electron chi connectivity index (χ1n) is 6.79. The molecule has 110 valence electrons. The van der Waals surface area contributed by atoms with Crippen LogP contribution in [0.15, 0.2) is 65.5 Å². The summed E-state index contributed by atoms with van der Waals surface area (Å²) in [6.45, 7) is 1.38. The van der Waals surface area contributed by atoms with Crippen LogP contribution in [0, 0.1) is 0 Å². The number of phenolic OH excluding ortho intramolecular Hbond substituents is 1. The van der Waals surface area contributed by atoms with Crippen molar-refractivity contribution in [3.8, 4) is 22.7 Å². The van der Waals surface area contributed by atoms with E-state index in [4.69, 9.17) is 0 Å². The van der Waals surface area contributed by atoms with Crippen molar-refractivity contribution in [2.75, 3.05) is 0 Å². The quantitative estimate of drug-likeness (QED) is 0.790. The highest BCUT2D eigenvalue weighted by molar-refractivity contribution is 5.83. The third-order valence-electron chi connectivity index (χ3n) is 3.38. The zero-order valence-electron chi connectivity index (χ0n) is 11.9. The molecule has 1 N–H and O–H groups in total. The Labute approximate surface area is 126 Å². The second-order valence-corrected chi connectivity index (χ2v) is 4.86. The standard InChI is InChI=1S/C17H14N2O3/c1-12(20)18-15(14-9-5-6-10-16(14)21)11-17(22)19(18)13-7-3-2-4-8-13/h2-11,21H,1H3. The van der Waals surface area contributed by atoms with Crippen molar-refractivity contribution in [1.82, 2.24) is 9.36 Å². The SMILES string of the molecule is CC(=O)n1c(-c2ccccc2O)cc(=O)n1-c1ccccc1. The Hall–Kier alpha value is -3.08. The van der Waals surface area contributed by atoms with Gasteiger partial charge in [0.15, 0.2) is 0 Å². The average Bonchev–Trinajstić information content (AvgIpc) is 2.86. The second-order valence-electron chi connectivity index (χ2n) is 4.86. The molecule has 0 aliphatic heterocycles. The van der Waals surface area contributed by atoms with Crippen LogP contribution in [0.25, 0.3) is 16.9 Å². The molecule has 0 aliphatic carbocycles. The lowest BCUT2D eigenvalue weighted by molar-refractivity contribution is 0.0914. The van der Waals surface area contributed by atoms with Crippen molar-refractivity contribution in [2.45, 2.75) is 6.92 Å². The molecule has 0 bridgehead atoms. The molecule has 5 nitrogen and oxygen atoms in total. The molecule has 0 atom stereocenters. The van der Waals surface area contributed by atoms with Crippen LogP contribution in [-0.4, -0.2) is 20.4 Å². The van der Waals surface area contributed by atoms with E-state index in [1.165, 1.54) is 28.4 Å². The van der Waals surface area contributed by atoms with Gasteiger partial charge < -0.3 is 5.11 Å². The van der Waals surface area contributed by atoms with E-state index in [9.17, 15) is 14.7 Å². The smallest absolute Gasteiger partial charge is 0.272 e. The molecule has 0 saturated heterocycles. The molecule has 1 aromatic heterocycles. The first-order valence-corrected chi connectivity index (χ1v) is 6.79. The number of aromatic nitrogens is 2. The minimum Gasteiger partial charge on any atom is -0.507 e. The highest BCUT2D eigenvalue weighted by atomic mass is 16.3. The van der Waals surface area contributed by atoms with Crippen molar-refractivity contribution in [2.24, 2.45) is 0 Å². The number of benzene rings is 2. The van der Waals surface area contributed by atoms with E-state index in [1.54, 1.807) is 42.5 Å². The molecule has 0 unspecified atom stereocenters. The van der Waals surface area contributed by atoms with Crippen LogP contribution in [0.2, 0.25) is 0 Å². The Balaban J connectivity index is 2.33. The summed E-state index contributed by atoms with van der Waals surface area (Å²) in [5.41, 5.74) is 1.05. The highest BCUT2D eigenvalue weighted by Gasteiger charge is 2.19. The summed E-state index contributed by atoms with van der Waals surface area (Å²) in [4.78, 5) is 24.4. The highest BCUT2D eigenvalue weighted by Crippen LogP contribution is 2.28. The molecular formula is C17H14N2O3. The van der Waals surface area contributed by atoms with Gasteiger partial charge in [-0.2, -0.15) is 0 Å². The number of hydrogen-bond donors (Lipinski definition) is 1. The number of para-hydroxylation sites is 2. The van der Waals surface area contributed by atoms with E-state index in [0.29, 0.717) is 16.9 Å². The van der Waals surface area contributed by atoms with Gasteiger partial charge in [0.25, 0.3) is 5.56 Å². The predicted octanol–water partition coefficient (Wildman–Crippen LogP) is 2.67. The van der Waals surface area contributed by atoms with Crippen LogP contribution in [0.3, 0.4) is 0 Å². The van der Waals surface area contributed by atoms with Crippen LogP contribution in [0.5, 0.6) is 5.75 Å². The summed E-state index contributed by atoms with van der Waals surface area (Å²) < 4.78 is 2.57. The van der Waals surface area contributed by atoms with Gasteiger partial charge in [-0.3, -0.25) is 9.59 Å². The zero-order chi connectivity index (χ0) is 15.7. The monoisotopic (exact) mass is 294 g/mol. The zero-order valence-corrected chi connectivity index (χ0v) is 11.9. The maximum absolute atomic E-state index is 12.4. The average molecular weight is 294 g/mol. The summed E-state index contributed by atoms with van der Waals surface area (Å²) in [5.74, 6) is -0.299. The van der Waals surface area contributed by atoms with Crippen molar-refractivity contribution in [1.29, 1.82) is 0 Å². The fourth-order valence-electron chi connectivity index (χ4n) is 2.45. The Morgan fingerprint density at radius 2 is 1.64 bits per heavy atom. The van der Waals surface area contributed by atoms with Gasteiger partial charge in [0.1, 0.15) is 5.75 Å². The molecular weight excluding hydrogens is 280 g/mol. The number of rotatable bonds is 2. The molecule has 3 aromatic rings. The van der Waals surface area contributed by atoms with E-state index < -0.39 is 0 Å². The second kappa shape index (κ2) is 5.37. The fraction of sp³-hybridized carbons (Fsp3) is 0.0588. The molecule has 0 radical (unpaired) electrons. The van der Waals surface area contributed by atoms with Gasteiger partial charge in [-0.15, -0.1) is 0 Å². The molecule has 1 heterocycles. The summed E-state index contributed by atoms with van der Waals surface area (Å²) in [7, 11) is 0. The molecule has 0 spiro atoms. The largest absolute Gasteiger partial charge is 0.507 e. The lowest BCUT2D eigenvalue weighted by Crippen LogP contribution is -2.24. The number of hydrogen-bond acceptors (Lipinski definition) is 3. The Morgan fingerprint density at radius 3 is 2.27 bits per heavy atom. The lowest BCUT2D eigenvalue weighted by Gasteiger charge is -2.12. The number of phenols is 1. The van der Waals surface area contributed by atoms with E-state index in [1.807, 2.05) is 6.07 Å². The van der Waals surface area contributed by atoms with Crippen molar-refractivity contribution in [3.63, 3.8) is 0 Å². The predicted molar refractivity (Wildman–Crippen MR) is 83.4 cm³/mol. The first-order chi connectivity index (χ1) is 10.6. The van der Waals surface area contributed by atoms with Gasteiger partial charge >= 0.3 is 0 Å². The van der Waals surface area contributed by atoms with Crippen LogP contribution in [0.1, 0.15) is 11.7 Å². The van der Waals surface area contributed by atoms with Crippen LogP contribution in [-0.2, 0) is 0 Å². The fourth-order valence-corrected chi connectivity index (χ4v) is 2.45. The van der Waals surface area contributed by atoms with Crippen LogP contribution in [0.4, 0.5) is 0 Å². The van der Waals surface area contributed by atoms with Gasteiger partial charge in [-0.1, -0.05) is 30.3 Å². The summed E-state index contributed by atoms with van der Waals surface area (Å²) in [5, 5.41) is 10.0. The number of carbonyl (C=O) groups excluding carboxylic acids is 1. The van der Waals surface area contributed by atoms with Gasteiger partial charge in [-0.05, 0) is 24.3 Å². The van der Waals surface area contributed by atoms with Crippen molar-refractivity contribution < 1.29 is 9.90 Å². The molecule has 0 aliphatic rings. The molecule has 22 heavy (non-hydrogen) atoms. The normalized spacial score (nSPS) is 10.6. The maximum atomic E-state index is 12.4. The molecule has 5 heteroatoms. The summed E-state index contributed by atoms with van der Waals surface area (Å²) in [6.07, 6.45) is 0. The number of carbonyl (C=O) groups is 1. The topological polar surface area (TPSA) is 64.2 Å². The number of aromatic hydroxyl groups is 1. The lowest BCUT2D eigenvalue weighted by atomic mass is 10.1. The molecule has 3 rings (SSSR count). The van der Waals surface area contributed by atoms with Gasteiger partial charge in [0.2, 0.25) is 5.91 Å². The van der Waals surface area contributed by atoms with Crippen LogP contribution >= 0.6 is 0 Å². The molecule has 0 saturated carbocycles. The minimum absolute atomic E-state index is 0.0164. The third kappa shape index (κ3) is 2.22.